The molecule has 1 aromatic rings. The fraction of sp³-hybridized carbons (Fsp3) is 0.667. The van der Waals surface area contributed by atoms with Crippen molar-refractivity contribution in [3.8, 4) is 0 Å². The summed E-state index contributed by atoms with van der Waals surface area (Å²) in [6.07, 6.45) is 4.83. The van der Waals surface area contributed by atoms with Gasteiger partial charge in [-0.3, -0.25) is 4.79 Å². The van der Waals surface area contributed by atoms with Crippen LogP contribution in [0.15, 0.2) is 30.3 Å². The summed E-state index contributed by atoms with van der Waals surface area (Å²) in [4.78, 5) is 12.7. The lowest BCUT2D eigenvalue weighted by atomic mass is 9.94. The van der Waals surface area contributed by atoms with Crippen molar-refractivity contribution >= 4 is 5.97 Å². The molecule has 4 rings (SSSR count). The average molecular weight is 360 g/mol. The van der Waals surface area contributed by atoms with Crippen LogP contribution in [0.2, 0.25) is 0 Å². The van der Waals surface area contributed by atoms with Crippen LogP contribution in [0.5, 0.6) is 0 Å². The minimum Gasteiger partial charge on any atom is -0.461 e. The van der Waals surface area contributed by atoms with E-state index < -0.39 is 5.92 Å². The zero-order chi connectivity index (χ0) is 18.3. The van der Waals surface area contributed by atoms with E-state index in [1.54, 1.807) is 0 Å². The number of unbranched alkanes of at least 4 members (excludes halogenated alkanes) is 1. The van der Waals surface area contributed by atoms with E-state index in [-0.39, 0.29) is 18.7 Å². The third-order valence-corrected chi connectivity index (χ3v) is 6.79. The normalized spacial score (nSPS) is 38.5. The molecule has 5 nitrogen and oxygen atoms in total. The van der Waals surface area contributed by atoms with Crippen molar-refractivity contribution in [2.45, 2.75) is 68.9 Å². The van der Waals surface area contributed by atoms with Crippen LogP contribution in [0.25, 0.3) is 0 Å². The van der Waals surface area contributed by atoms with Gasteiger partial charge < -0.3 is 19.1 Å². The van der Waals surface area contributed by atoms with Gasteiger partial charge in [-0.15, -0.1) is 0 Å². The summed E-state index contributed by atoms with van der Waals surface area (Å²) in [5.74, 6) is -0.898. The molecule has 0 spiro atoms. The second-order valence-electron chi connectivity index (χ2n) is 8.30. The van der Waals surface area contributed by atoms with E-state index in [9.17, 15) is 9.90 Å². The molecule has 0 amide bonds. The monoisotopic (exact) mass is 360 g/mol. The highest BCUT2D eigenvalue weighted by atomic mass is 16.6. The number of fused-ring (bicyclic) bond motifs is 5. The van der Waals surface area contributed by atoms with Gasteiger partial charge >= 0.3 is 5.97 Å². The molecule has 0 aliphatic carbocycles. The highest BCUT2D eigenvalue weighted by Crippen LogP contribution is 2.52. The van der Waals surface area contributed by atoms with Gasteiger partial charge in [0.2, 0.25) is 0 Å². The molecule has 0 radical (unpaired) electrons. The maximum atomic E-state index is 12.7. The Balaban J connectivity index is 1.42. The van der Waals surface area contributed by atoms with Crippen molar-refractivity contribution < 1.29 is 23.9 Å². The Hall–Kier alpha value is -1.43. The average Bonchev–Trinajstić information content (AvgIpc) is 3.40. The number of carbonyl (C=O) groups is 1. The highest BCUT2D eigenvalue weighted by molar-refractivity contribution is 5.78. The van der Waals surface area contributed by atoms with E-state index in [4.69, 9.17) is 9.47 Å². The molecule has 2 bridgehead atoms. The van der Waals surface area contributed by atoms with Crippen LogP contribution < -0.4 is 0 Å². The Labute approximate surface area is 155 Å². The minimum absolute atomic E-state index is 0.0560. The molecule has 0 saturated carbocycles. The van der Waals surface area contributed by atoms with Gasteiger partial charge in [-0.1, -0.05) is 43.7 Å². The van der Waals surface area contributed by atoms with Gasteiger partial charge in [0.05, 0.1) is 20.2 Å². The number of quaternary nitrogens is 1. The van der Waals surface area contributed by atoms with Crippen LogP contribution in [0.4, 0.5) is 0 Å². The lowest BCUT2D eigenvalue weighted by molar-refractivity contribution is -0.956. The first-order valence-electron chi connectivity index (χ1n) is 9.95. The summed E-state index contributed by atoms with van der Waals surface area (Å²) in [6, 6.07) is 10.3. The number of rotatable bonds is 7. The predicted octanol–water partition coefficient (Wildman–Crippen LogP) is 2.23. The number of morpholine rings is 1. The van der Waals surface area contributed by atoms with Crippen LogP contribution in [-0.2, 0) is 14.3 Å². The number of nitrogens with zero attached hydrogens (tertiary/aromatic N) is 1. The molecule has 1 aromatic carbocycles. The number of hydrogen-bond donors (Lipinski definition) is 1. The Morgan fingerprint density at radius 1 is 1.27 bits per heavy atom. The van der Waals surface area contributed by atoms with Gasteiger partial charge in [-0.2, -0.15) is 0 Å². The van der Waals surface area contributed by atoms with Crippen LogP contribution in [0.1, 0.15) is 44.1 Å². The number of benzene rings is 1. The SMILES string of the molecule is CCCC[N+]1(C)[C@@H]2CC(OC(=O)[C@H](CO)c3ccccc3)C[C@H]1[C@H]1O[C@H]12. The Kier molecular flexibility index (Phi) is 4.80. The molecule has 3 aliphatic heterocycles. The lowest BCUT2D eigenvalue weighted by Gasteiger charge is -2.48. The molecule has 142 valence electrons. The van der Waals surface area contributed by atoms with Crippen molar-refractivity contribution in [1.82, 2.24) is 0 Å². The second-order valence-corrected chi connectivity index (χ2v) is 8.30. The van der Waals surface area contributed by atoms with E-state index in [0.717, 1.165) is 22.9 Å². The molecule has 7 atom stereocenters. The summed E-state index contributed by atoms with van der Waals surface area (Å²) in [7, 11) is 2.36. The first-order valence-corrected chi connectivity index (χ1v) is 9.95. The number of likely N-dealkylation sites (N-methyl/N-ethyl adjacent to an activating group) is 1. The maximum absolute atomic E-state index is 12.7. The zero-order valence-corrected chi connectivity index (χ0v) is 15.7. The second kappa shape index (κ2) is 6.95. The van der Waals surface area contributed by atoms with Crippen LogP contribution in [0.3, 0.4) is 0 Å². The molecular weight excluding hydrogens is 330 g/mol. The number of piperidine rings is 1. The molecule has 3 aliphatic rings. The van der Waals surface area contributed by atoms with E-state index in [1.165, 1.54) is 19.4 Å². The molecule has 26 heavy (non-hydrogen) atoms. The Bertz CT molecular complexity index is 631. The fourth-order valence-corrected chi connectivity index (χ4v) is 5.23. The van der Waals surface area contributed by atoms with E-state index >= 15 is 0 Å². The number of aliphatic hydroxyl groups excluding tert-OH is 1. The van der Waals surface area contributed by atoms with Gasteiger partial charge in [0.25, 0.3) is 0 Å². The van der Waals surface area contributed by atoms with Crippen molar-refractivity contribution in [2.75, 3.05) is 20.2 Å². The third kappa shape index (κ3) is 2.96. The van der Waals surface area contributed by atoms with Crippen molar-refractivity contribution in [3.05, 3.63) is 35.9 Å². The smallest absolute Gasteiger partial charge is 0.316 e. The predicted molar refractivity (Wildman–Crippen MR) is 97.6 cm³/mol. The van der Waals surface area contributed by atoms with Gasteiger partial charge in [0, 0.05) is 12.8 Å². The van der Waals surface area contributed by atoms with Crippen molar-refractivity contribution in [3.63, 3.8) is 0 Å². The summed E-state index contributed by atoms with van der Waals surface area (Å²) in [5.41, 5.74) is 0.813. The van der Waals surface area contributed by atoms with Gasteiger partial charge in [0.1, 0.15) is 36.3 Å². The number of esters is 1. The standard InChI is InChI=1S/C21H30NO4/c1-3-4-10-22(2)17-11-15(12-18(22)20-19(17)26-20)25-21(24)16(13-23)14-8-6-5-7-9-14/h5-9,15-20,23H,3-4,10-13H2,1-2H3/q+1/t15?,16-,17-,18+,19+,20-,22?/m1/s1. The van der Waals surface area contributed by atoms with Crippen LogP contribution in [0, 0.1) is 0 Å². The topological polar surface area (TPSA) is 59.1 Å². The summed E-state index contributed by atoms with van der Waals surface area (Å²) in [5, 5.41) is 9.70. The quantitative estimate of drug-likeness (QED) is 0.460. The Morgan fingerprint density at radius 2 is 1.92 bits per heavy atom. The maximum Gasteiger partial charge on any atom is 0.316 e. The van der Waals surface area contributed by atoms with Crippen molar-refractivity contribution in [1.29, 1.82) is 0 Å². The summed E-state index contributed by atoms with van der Waals surface area (Å²) >= 11 is 0. The molecule has 2 unspecified atom stereocenters. The number of carbonyl (C=O) groups excluding carboxylic acids is 1. The molecule has 3 saturated heterocycles. The summed E-state index contributed by atoms with van der Waals surface area (Å²) in [6.45, 7) is 3.20. The third-order valence-electron chi connectivity index (χ3n) is 6.79. The van der Waals surface area contributed by atoms with Gasteiger partial charge in [-0.25, -0.2) is 0 Å². The summed E-state index contributed by atoms with van der Waals surface area (Å²) < 4.78 is 12.9. The molecule has 3 fully saturated rings. The fourth-order valence-electron chi connectivity index (χ4n) is 5.23. The molecule has 1 N–H and O–H groups in total. The Morgan fingerprint density at radius 3 is 2.50 bits per heavy atom. The van der Waals surface area contributed by atoms with E-state index in [1.807, 2.05) is 30.3 Å². The number of epoxide rings is 1. The first-order chi connectivity index (χ1) is 12.6. The number of hydrogen-bond acceptors (Lipinski definition) is 4. The molecule has 3 heterocycles. The van der Waals surface area contributed by atoms with Crippen LogP contribution in [-0.4, -0.2) is 66.2 Å². The zero-order valence-electron chi connectivity index (χ0n) is 15.7. The number of ether oxygens (including phenoxy) is 2. The van der Waals surface area contributed by atoms with Crippen molar-refractivity contribution in [2.24, 2.45) is 0 Å². The minimum atomic E-state index is -0.595. The van der Waals surface area contributed by atoms with Crippen LogP contribution >= 0.6 is 0 Å². The lowest BCUT2D eigenvalue weighted by Crippen LogP contribution is -2.62. The largest absolute Gasteiger partial charge is 0.461 e. The van der Waals surface area contributed by atoms with Gasteiger partial charge in [0.15, 0.2) is 0 Å². The highest BCUT2D eigenvalue weighted by Gasteiger charge is 2.71. The first kappa shape index (κ1) is 18.0. The molecule has 0 aromatic heterocycles. The molecule has 5 heteroatoms. The molecular formula is C21H30NO4+. The van der Waals surface area contributed by atoms with E-state index in [2.05, 4.69) is 14.0 Å². The van der Waals surface area contributed by atoms with Gasteiger partial charge in [-0.05, 0) is 12.0 Å². The number of aliphatic hydroxyl groups is 1. The van der Waals surface area contributed by atoms with E-state index in [0.29, 0.717) is 24.3 Å².